The quantitative estimate of drug-likeness (QED) is 0.623. The highest BCUT2D eigenvalue weighted by Crippen LogP contribution is 2.23. The van der Waals surface area contributed by atoms with Gasteiger partial charge in [0.1, 0.15) is 11.9 Å². The van der Waals surface area contributed by atoms with Crippen LogP contribution in [0.15, 0.2) is 58.9 Å². The fourth-order valence-electron chi connectivity index (χ4n) is 4.83. The summed E-state index contributed by atoms with van der Waals surface area (Å²) in [5.74, 6) is 1.71. The number of carbonyl (C=O) groups is 1. The lowest BCUT2D eigenvalue weighted by atomic mass is 10.0. The molecule has 188 valence electrons. The van der Waals surface area contributed by atoms with E-state index in [1.165, 1.54) is 6.42 Å². The Hall–Kier alpha value is -3.13. The summed E-state index contributed by atoms with van der Waals surface area (Å²) in [5.41, 5.74) is 6.27. The molecule has 0 amide bonds. The first kappa shape index (κ1) is 25.0. The van der Waals surface area contributed by atoms with E-state index >= 15 is 0 Å². The number of Topliss-reactive ketones (excluding diaryl/α,β-unsaturated/α-hetero) is 1. The van der Waals surface area contributed by atoms with Gasteiger partial charge in [0.2, 0.25) is 0 Å². The van der Waals surface area contributed by atoms with Crippen molar-refractivity contribution in [3.05, 3.63) is 59.9 Å². The molecule has 0 aliphatic carbocycles. The highest BCUT2D eigenvalue weighted by atomic mass is 16.1. The van der Waals surface area contributed by atoms with Crippen molar-refractivity contribution in [2.24, 2.45) is 10.1 Å². The Morgan fingerprint density at radius 2 is 2.00 bits per heavy atom. The Morgan fingerprint density at radius 1 is 1.20 bits per heavy atom. The van der Waals surface area contributed by atoms with Gasteiger partial charge >= 0.3 is 0 Å². The lowest BCUT2D eigenvalue weighted by Gasteiger charge is -2.36. The molecule has 0 saturated carbocycles. The standard InChI is InChI=1S/C27H39N7O/c1-5-11-23(35)19-25-28-20(3)27(33-15-8-7-9-16-33)29-26(31-34(25)6-2)22-13-10-12-21(18-22)24-14-17-32(4)30-24/h10,12-14,17-18,24-25,28,30H,3,5-9,11,15-16,19H2,1-2,4H3/b29-27+,31-26-. The van der Waals surface area contributed by atoms with Crippen molar-refractivity contribution in [2.45, 2.75) is 64.6 Å². The molecular weight excluding hydrogens is 438 g/mol. The molecular formula is C27H39N7O. The van der Waals surface area contributed by atoms with E-state index in [0.717, 1.165) is 55.0 Å². The van der Waals surface area contributed by atoms with E-state index in [9.17, 15) is 4.79 Å². The average molecular weight is 478 g/mol. The number of hydrogen-bond acceptors (Lipinski definition) is 8. The van der Waals surface area contributed by atoms with Crippen LogP contribution >= 0.6 is 0 Å². The van der Waals surface area contributed by atoms with Crippen LogP contribution in [0.3, 0.4) is 0 Å². The van der Waals surface area contributed by atoms with Crippen LogP contribution in [-0.2, 0) is 4.79 Å². The van der Waals surface area contributed by atoms with E-state index in [1.807, 2.05) is 30.2 Å². The molecule has 1 fully saturated rings. The third kappa shape index (κ3) is 6.11. The minimum atomic E-state index is -0.256. The average Bonchev–Trinajstić information content (AvgIpc) is 3.30. The molecule has 0 bridgehead atoms. The summed E-state index contributed by atoms with van der Waals surface area (Å²) < 4.78 is 0. The number of benzene rings is 1. The van der Waals surface area contributed by atoms with Crippen LogP contribution in [0.2, 0.25) is 0 Å². The number of piperidine rings is 1. The normalized spacial score (nSPS) is 25.9. The van der Waals surface area contributed by atoms with Gasteiger partial charge in [0, 0.05) is 51.3 Å². The van der Waals surface area contributed by atoms with Crippen LogP contribution in [0.1, 0.15) is 69.5 Å². The minimum absolute atomic E-state index is 0.109. The summed E-state index contributed by atoms with van der Waals surface area (Å²) in [7, 11) is 1.99. The highest BCUT2D eigenvalue weighted by molar-refractivity contribution is 6.11. The first-order valence-corrected chi connectivity index (χ1v) is 12.9. The molecule has 35 heavy (non-hydrogen) atoms. The number of ketones is 1. The number of hydrazine groups is 1. The molecule has 8 nitrogen and oxygen atoms in total. The molecule has 2 N–H and O–H groups in total. The molecule has 2 unspecified atom stereocenters. The molecule has 1 saturated heterocycles. The van der Waals surface area contributed by atoms with Crippen molar-refractivity contribution in [3.8, 4) is 0 Å². The Kier molecular flexibility index (Phi) is 8.23. The maximum atomic E-state index is 12.6. The van der Waals surface area contributed by atoms with Crippen LogP contribution in [0, 0.1) is 0 Å². The van der Waals surface area contributed by atoms with Crippen LogP contribution < -0.4 is 10.7 Å². The summed E-state index contributed by atoms with van der Waals surface area (Å²) in [6.07, 6.45) is 9.23. The molecule has 0 spiro atoms. The molecule has 1 aromatic rings. The Morgan fingerprint density at radius 3 is 2.69 bits per heavy atom. The fourth-order valence-corrected chi connectivity index (χ4v) is 4.83. The van der Waals surface area contributed by atoms with E-state index < -0.39 is 0 Å². The SMILES string of the molecule is C=C1NC(CC(=O)CCC)N(CC)/N=C(c2cccc(C3C=CN(C)N3)c2)\N=C/1N1CCCCC1. The lowest BCUT2D eigenvalue weighted by Crippen LogP contribution is -2.49. The van der Waals surface area contributed by atoms with Crippen LogP contribution in [0.4, 0.5) is 0 Å². The predicted molar refractivity (Wildman–Crippen MR) is 142 cm³/mol. The van der Waals surface area contributed by atoms with Crippen molar-refractivity contribution in [2.75, 3.05) is 26.7 Å². The Balaban J connectivity index is 1.73. The van der Waals surface area contributed by atoms with Gasteiger partial charge < -0.3 is 15.2 Å². The molecule has 3 heterocycles. The summed E-state index contributed by atoms with van der Waals surface area (Å²) in [5, 5.41) is 12.4. The zero-order valence-electron chi connectivity index (χ0n) is 21.3. The van der Waals surface area contributed by atoms with Gasteiger partial charge in [-0.3, -0.25) is 9.80 Å². The predicted octanol–water partition coefficient (Wildman–Crippen LogP) is 3.76. The number of rotatable bonds is 7. The van der Waals surface area contributed by atoms with Gasteiger partial charge in [0.25, 0.3) is 0 Å². The van der Waals surface area contributed by atoms with Crippen molar-refractivity contribution >= 4 is 17.5 Å². The molecule has 1 aromatic carbocycles. The van der Waals surface area contributed by atoms with E-state index in [0.29, 0.717) is 25.2 Å². The molecule has 4 rings (SSSR count). The Labute approximate surface area is 209 Å². The molecule has 2 atom stereocenters. The van der Waals surface area contributed by atoms with Gasteiger partial charge in [0.05, 0.1) is 11.7 Å². The first-order chi connectivity index (χ1) is 17.0. The molecule has 3 aliphatic heterocycles. The second kappa shape index (κ2) is 11.5. The zero-order valence-corrected chi connectivity index (χ0v) is 21.3. The van der Waals surface area contributed by atoms with Crippen LogP contribution in [-0.4, -0.2) is 65.2 Å². The number of nitrogens with zero attached hydrogens (tertiary/aromatic N) is 5. The maximum absolute atomic E-state index is 12.6. The number of aliphatic imine (C=N–C) groups is 1. The lowest BCUT2D eigenvalue weighted by molar-refractivity contribution is -0.120. The minimum Gasteiger partial charge on any atom is -0.361 e. The zero-order chi connectivity index (χ0) is 24.8. The van der Waals surface area contributed by atoms with Crippen molar-refractivity contribution < 1.29 is 4.79 Å². The van der Waals surface area contributed by atoms with Crippen molar-refractivity contribution in [3.63, 3.8) is 0 Å². The van der Waals surface area contributed by atoms with Crippen LogP contribution in [0.5, 0.6) is 0 Å². The third-order valence-electron chi connectivity index (χ3n) is 6.68. The Bertz CT molecular complexity index is 1010. The monoisotopic (exact) mass is 477 g/mol. The van der Waals surface area contributed by atoms with E-state index in [-0.39, 0.29) is 18.0 Å². The number of nitrogens with one attached hydrogen (secondary N) is 2. The summed E-state index contributed by atoms with van der Waals surface area (Å²) in [6.45, 7) is 11.0. The smallest absolute Gasteiger partial charge is 0.181 e. The number of carbonyl (C=O) groups excluding carboxylic acids is 1. The molecule has 0 radical (unpaired) electrons. The van der Waals surface area contributed by atoms with E-state index in [1.54, 1.807) is 0 Å². The number of likely N-dealkylation sites (tertiary alicyclic amines) is 1. The van der Waals surface area contributed by atoms with Gasteiger partial charge in [-0.2, -0.15) is 5.10 Å². The summed E-state index contributed by atoms with van der Waals surface area (Å²) in [6, 6.07) is 8.50. The van der Waals surface area contributed by atoms with Crippen molar-refractivity contribution in [1.29, 1.82) is 0 Å². The van der Waals surface area contributed by atoms with E-state index in [2.05, 4.69) is 59.5 Å². The molecule has 8 heteroatoms. The molecule has 0 aromatic heterocycles. The fraction of sp³-hybridized carbons (Fsp3) is 0.519. The summed E-state index contributed by atoms with van der Waals surface area (Å²) in [4.78, 5) is 20.0. The first-order valence-electron chi connectivity index (χ1n) is 12.9. The van der Waals surface area contributed by atoms with Gasteiger partial charge in [-0.05, 0) is 50.3 Å². The second-order valence-corrected chi connectivity index (χ2v) is 9.48. The van der Waals surface area contributed by atoms with Gasteiger partial charge in [-0.25, -0.2) is 10.4 Å². The maximum Gasteiger partial charge on any atom is 0.181 e. The van der Waals surface area contributed by atoms with Crippen LogP contribution in [0.25, 0.3) is 0 Å². The number of amidine groups is 2. The third-order valence-corrected chi connectivity index (χ3v) is 6.68. The van der Waals surface area contributed by atoms with Gasteiger partial charge in [-0.1, -0.05) is 31.7 Å². The van der Waals surface area contributed by atoms with Crippen molar-refractivity contribution in [1.82, 2.24) is 25.7 Å². The number of hydrogen-bond donors (Lipinski definition) is 2. The van der Waals surface area contributed by atoms with E-state index in [4.69, 9.17) is 10.1 Å². The van der Waals surface area contributed by atoms with Gasteiger partial charge in [-0.15, -0.1) is 0 Å². The highest BCUT2D eigenvalue weighted by Gasteiger charge is 2.27. The topological polar surface area (TPSA) is 75.6 Å². The second-order valence-electron chi connectivity index (χ2n) is 9.48. The molecule has 3 aliphatic rings. The number of hydrazone groups is 1. The largest absolute Gasteiger partial charge is 0.361 e. The summed E-state index contributed by atoms with van der Waals surface area (Å²) >= 11 is 0. The van der Waals surface area contributed by atoms with Gasteiger partial charge in [0.15, 0.2) is 11.7 Å².